The van der Waals surface area contributed by atoms with Crippen molar-refractivity contribution in [1.29, 1.82) is 0 Å². The minimum Gasteiger partial charge on any atom is -0.493 e. The fraction of sp³-hybridized carbons (Fsp3) is 0.161. The van der Waals surface area contributed by atoms with Gasteiger partial charge in [-0.3, -0.25) is 9.59 Å². The molecule has 0 aliphatic heterocycles. The van der Waals surface area contributed by atoms with Crippen molar-refractivity contribution in [2.75, 3.05) is 26.1 Å². The molecule has 4 rings (SSSR count). The molecule has 0 atom stereocenters. The number of methoxy groups -OCH3 is 2. The van der Waals surface area contributed by atoms with Gasteiger partial charge in [-0.1, -0.05) is 72.8 Å². The first-order chi connectivity index (χ1) is 18.1. The van der Waals surface area contributed by atoms with Crippen LogP contribution in [0.2, 0.25) is 0 Å². The molecular formula is C31H30N2O4. The molecule has 0 aromatic heterocycles. The third-order valence-electron chi connectivity index (χ3n) is 6.02. The molecule has 0 aliphatic carbocycles. The number of benzene rings is 4. The molecule has 0 bridgehead atoms. The summed E-state index contributed by atoms with van der Waals surface area (Å²) in [5, 5.41) is 5.83. The first kappa shape index (κ1) is 25.5. The molecule has 2 amide bonds. The van der Waals surface area contributed by atoms with Gasteiger partial charge in [0.1, 0.15) is 0 Å². The lowest BCUT2D eigenvalue weighted by molar-refractivity contribution is -0.115. The zero-order valence-corrected chi connectivity index (χ0v) is 21.0. The lowest BCUT2D eigenvalue weighted by Crippen LogP contribution is -2.27. The Bertz CT molecular complexity index is 1350. The van der Waals surface area contributed by atoms with E-state index in [4.69, 9.17) is 9.47 Å². The van der Waals surface area contributed by atoms with Crippen LogP contribution in [0.5, 0.6) is 11.5 Å². The van der Waals surface area contributed by atoms with Crippen molar-refractivity contribution in [2.24, 2.45) is 0 Å². The molecule has 6 nitrogen and oxygen atoms in total. The van der Waals surface area contributed by atoms with Crippen LogP contribution in [-0.4, -0.2) is 32.6 Å². The average Bonchev–Trinajstić information content (AvgIpc) is 2.94. The Balaban J connectivity index is 1.34. The summed E-state index contributed by atoms with van der Waals surface area (Å²) < 4.78 is 10.6. The highest BCUT2D eigenvalue weighted by atomic mass is 16.5. The summed E-state index contributed by atoms with van der Waals surface area (Å²) in [4.78, 5) is 25.6. The van der Waals surface area contributed by atoms with Crippen LogP contribution in [0, 0.1) is 0 Å². The first-order valence-electron chi connectivity index (χ1n) is 12.1. The Hall–Kier alpha value is -4.58. The Labute approximate surface area is 217 Å². The van der Waals surface area contributed by atoms with Crippen LogP contribution in [0.25, 0.3) is 11.1 Å². The average molecular weight is 495 g/mol. The van der Waals surface area contributed by atoms with Crippen LogP contribution in [0.1, 0.15) is 21.5 Å². The minimum atomic E-state index is -0.247. The Morgan fingerprint density at radius 1 is 0.703 bits per heavy atom. The van der Waals surface area contributed by atoms with E-state index in [9.17, 15) is 9.59 Å². The summed E-state index contributed by atoms with van der Waals surface area (Å²) >= 11 is 0. The summed E-state index contributed by atoms with van der Waals surface area (Å²) in [6.07, 6.45) is 0.837. The van der Waals surface area contributed by atoms with Crippen molar-refractivity contribution in [3.05, 3.63) is 114 Å². The third-order valence-corrected chi connectivity index (χ3v) is 6.02. The van der Waals surface area contributed by atoms with Crippen LogP contribution in [0.15, 0.2) is 97.1 Å². The molecule has 0 aliphatic rings. The molecule has 0 heterocycles. The molecule has 4 aromatic rings. The fourth-order valence-corrected chi connectivity index (χ4v) is 4.07. The molecule has 37 heavy (non-hydrogen) atoms. The van der Waals surface area contributed by atoms with Gasteiger partial charge in [-0.2, -0.15) is 0 Å². The number of nitrogens with one attached hydrogen (secondary N) is 2. The highest BCUT2D eigenvalue weighted by molar-refractivity contribution is 6.04. The van der Waals surface area contributed by atoms with Gasteiger partial charge in [-0.05, 0) is 52.9 Å². The van der Waals surface area contributed by atoms with Crippen LogP contribution in [0.4, 0.5) is 5.69 Å². The second-order valence-corrected chi connectivity index (χ2v) is 8.53. The highest BCUT2D eigenvalue weighted by Gasteiger charge is 2.14. The lowest BCUT2D eigenvalue weighted by atomic mass is 10.0. The smallest absolute Gasteiger partial charge is 0.253 e. The Morgan fingerprint density at radius 3 is 2.08 bits per heavy atom. The molecule has 0 saturated carbocycles. The van der Waals surface area contributed by atoms with E-state index in [1.165, 1.54) is 0 Å². The van der Waals surface area contributed by atoms with E-state index < -0.39 is 0 Å². The molecule has 0 fully saturated rings. The molecule has 4 aromatic carbocycles. The van der Waals surface area contributed by atoms with Crippen molar-refractivity contribution >= 4 is 17.5 Å². The molecule has 0 saturated heterocycles. The zero-order chi connectivity index (χ0) is 26.0. The van der Waals surface area contributed by atoms with Crippen molar-refractivity contribution in [1.82, 2.24) is 5.32 Å². The highest BCUT2D eigenvalue weighted by Crippen LogP contribution is 2.27. The normalized spacial score (nSPS) is 10.4. The van der Waals surface area contributed by atoms with E-state index in [0.29, 0.717) is 35.7 Å². The summed E-state index contributed by atoms with van der Waals surface area (Å²) in [6.45, 7) is 0.435. The third kappa shape index (κ3) is 6.76. The van der Waals surface area contributed by atoms with Crippen molar-refractivity contribution in [3.8, 4) is 22.6 Å². The first-order valence-corrected chi connectivity index (χ1v) is 12.1. The number of hydrogen-bond donors (Lipinski definition) is 2. The quantitative estimate of drug-likeness (QED) is 0.304. The van der Waals surface area contributed by atoms with Crippen LogP contribution in [-0.2, 0) is 17.6 Å². The zero-order valence-electron chi connectivity index (χ0n) is 21.0. The molecule has 188 valence electrons. The monoisotopic (exact) mass is 494 g/mol. The van der Waals surface area contributed by atoms with Gasteiger partial charge in [0.15, 0.2) is 11.5 Å². The molecule has 2 N–H and O–H groups in total. The van der Waals surface area contributed by atoms with E-state index >= 15 is 0 Å². The van der Waals surface area contributed by atoms with Crippen LogP contribution in [0.3, 0.4) is 0 Å². The Morgan fingerprint density at radius 2 is 1.35 bits per heavy atom. The van der Waals surface area contributed by atoms with Crippen molar-refractivity contribution in [3.63, 3.8) is 0 Å². The summed E-state index contributed by atoms with van der Waals surface area (Å²) in [5.41, 5.74) is 5.04. The predicted molar refractivity (Wildman–Crippen MR) is 146 cm³/mol. The molecule has 6 heteroatoms. The van der Waals surface area contributed by atoms with Gasteiger partial charge in [0.2, 0.25) is 5.91 Å². The van der Waals surface area contributed by atoms with Gasteiger partial charge in [-0.25, -0.2) is 0 Å². The van der Waals surface area contributed by atoms with Crippen LogP contribution < -0.4 is 20.1 Å². The summed E-state index contributed by atoms with van der Waals surface area (Å²) in [5.74, 6) is 0.878. The largest absolute Gasteiger partial charge is 0.493 e. The van der Waals surface area contributed by atoms with Gasteiger partial charge >= 0.3 is 0 Å². The van der Waals surface area contributed by atoms with E-state index in [-0.39, 0.29) is 18.2 Å². The van der Waals surface area contributed by atoms with Gasteiger partial charge in [0.25, 0.3) is 5.91 Å². The topological polar surface area (TPSA) is 76.7 Å². The second kappa shape index (κ2) is 12.4. The second-order valence-electron chi connectivity index (χ2n) is 8.53. The van der Waals surface area contributed by atoms with E-state index in [2.05, 4.69) is 22.8 Å². The van der Waals surface area contributed by atoms with Crippen molar-refractivity contribution < 1.29 is 19.1 Å². The van der Waals surface area contributed by atoms with E-state index in [1.54, 1.807) is 38.5 Å². The molecule has 0 unspecified atom stereocenters. The van der Waals surface area contributed by atoms with E-state index in [1.807, 2.05) is 60.7 Å². The molecular weight excluding hydrogens is 464 g/mol. The number of amides is 2. The fourth-order valence-electron chi connectivity index (χ4n) is 4.07. The van der Waals surface area contributed by atoms with Crippen LogP contribution >= 0.6 is 0 Å². The number of para-hydroxylation sites is 1. The lowest BCUT2D eigenvalue weighted by Gasteiger charge is -2.12. The number of hydrogen-bond acceptors (Lipinski definition) is 4. The van der Waals surface area contributed by atoms with Crippen molar-refractivity contribution in [2.45, 2.75) is 12.8 Å². The standard InChI is InChI=1S/C31H30N2O4/c1-36-28-17-14-23(20-29(28)37-2)18-19-32-31(35)26-10-6-7-11-27(26)33-30(34)21-22-12-15-25(16-13-22)24-8-4-3-5-9-24/h3-17,20H,18-19,21H2,1-2H3,(H,32,35)(H,33,34). The number of carbonyl (C=O) groups is 2. The SMILES string of the molecule is COc1ccc(CCNC(=O)c2ccccc2NC(=O)Cc2ccc(-c3ccccc3)cc2)cc1OC. The summed E-state index contributed by atoms with van der Waals surface area (Å²) in [6, 6.07) is 30.7. The molecule has 0 spiro atoms. The number of ether oxygens (including phenoxy) is 2. The van der Waals surface area contributed by atoms with E-state index in [0.717, 1.165) is 22.3 Å². The van der Waals surface area contributed by atoms with Gasteiger partial charge in [0.05, 0.1) is 31.9 Å². The Kier molecular flexibility index (Phi) is 8.55. The predicted octanol–water partition coefficient (Wildman–Crippen LogP) is 5.52. The van der Waals surface area contributed by atoms with Gasteiger partial charge in [-0.15, -0.1) is 0 Å². The maximum absolute atomic E-state index is 12.9. The number of anilines is 1. The number of rotatable bonds is 10. The maximum atomic E-state index is 12.9. The number of carbonyl (C=O) groups excluding carboxylic acids is 2. The summed E-state index contributed by atoms with van der Waals surface area (Å²) in [7, 11) is 3.18. The van der Waals surface area contributed by atoms with Gasteiger partial charge in [0, 0.05) is 6.54 Å². The molecule has 0 radical (unpaired) electrons. The maximum Gasteiger partial charge on any atom is 0.253 e. The minimum absolute atomic E-state index is 0.182. The van der Waals surface area contributed by atoms with Gasteiger partial charge < -0.3 is 20.1 Å².